The number of nitrogens with zero attached hydrogens (tertiary/aromatic N) is 2. The lowest BCUT2D eigenvalue weighted by molar-refractivity contribution is -0.0222. The molecule has 1 N–H and O–H groups in total. The molecule has 3 aromatic rings. The van der Waals surface area contributed by atoms with Crippen LogP contribution in [0.2, 0.25) is 0 Å². The van der Waals surface area contributed by atoms with E-state index in [9.17, 15) is 9.59 Å². The SMILES string of the molecule is CN(C)CCNC(=O)c1sc2ccccc2c1C1CN(C(=O)c2ccccc2)CCO1. The number of carbonyl (C=O) groups excluding carboxylic acids is 2. The molecule has 2 amide bonds. The van der Waals surface area contributed by atoms with Crippen LogP contribution in [-0.4, -0.2) is 68.5 Å². The van der Waals surface area contributed by atoms with Crippen LogP contribution in [0.5, 0.6) is 0 Å². The summed E-state index contributed by atoms with van der Waals surface area (Å²) in [5, 5.41) is 4.04. The summed E-state index contributed by atoms with van der Waals surface area (Å²) in [6.45, 7) is 2.74. The molecule has 162 valence electrons. The fourth-order valence-electron chi connectivity index (χ4n) is 3.80. The molecular weight excluding hydrogens is 410 g/mol. The number of nitrogens with one attached hydrogen (secondary N) is 1. The Kier molecular flexibility index (Phi) is 6.65. The third kappa shape index (κ3) is 4.79. The summed E-state index contributed by atoms with van der Waals surface area (Å²) in [4.78, 5) is 30.6. The minimum atomic E-state index is -0.341. The van der Waals surface area contributed by atoms with E-state index in [4.69, 9.17) is 4.74 Å². The third-order valence-corrected chi connectivity index (χ3v) is 6.57. The number of benzene rings is 2. The predicted octanol–water partition coefficient (Wildman–Crippen LogP) is 3.41. The van der Waals surface area contributed by atoms with Crippen LogP contribution in [0.1, 0.15) is 31.7 Å². The van der Waals surface area contributed by atoms with Crippen LogP contribution in [0.25, 0.3) is 10.1 Å². The van der Waals surface area contributed by atoms with Gasteiger partial charge in [0.1, 0.15) is 6.10 Å². The molecule has 1 aliphatic rings. The fourth-order valence-corrected chi connectivity index (χ4v) is 4.97. The second-order valence-corrected chi connectivity index (χ2v) is 8.93. The standard InChI is InChI=1S/C24H27N3O3S/c1-26(2)13-12-25-23(28)22-21(18-10-6-7-11-20(18)31-22)19-16-27(14-15-30-19)24(29)17-8-4-3-5-9-17/h3-11,19H,12-16H2,1-2H3,(H,25,28). The van der Waals surface area contributed by atoms with Crippen molar-refractivity contribution in [1.82, 2.24) is 15.1 Å². The van der Waals surface area contributed by atoms with Crippen molar-refractivity contribution in [2.75, 3.05) is 46.9 Å². The summed E-state index contributed by atoms with van der Waals surface area (Å²) in [5.74, 6) is -0.0985. The number of rotatable bonds is 6. The van der Waals surface area contributed by atoms with Crippen molar-refractivity contribution in [1.29, 1.82) is 0 Å². The molecule has 1 aliphatic heterocycles. The lowest BCUT2D eigenvalue weighted by atomic mass is 10.0. The van der Waals surface area contributed by atoms with Gasteiger partial charge >= 0.3 is 0 Å². The van der Waals surface area contributed by atoms with Crippen LogP contribution in [0, 0.1) is 0 Å². The van der Waals surface area contributed by atoms with Gasteiger partial charge in [0.25, 0.3) is 11.8 Å². The van der Waals surface area contributed by atoms with Gasteiger partial charge in [-0.2, -0.15) is 0 Å². The van der Waals surface area contributed by atoms with E-state index in [-0.39, 0.29) is 17.9 Å². The zero-order chi connectivity index (χ0) is 21.8. The number of ether oxygens (including phenoxy) is 1. The molecule has 1 fully saturated rings. The topological polar surface area (TPSA) is 61.9 Å². The van der Waals surface area contributed by atoms with Crippen molar-refractivity contribution in [2.24, 2.45) is 0 Å². The number of likely N-dealkylation sites (N-methyl/N-ethyl adjacent to an activating group) is 1. The van der Waals surface area contributed by atoms with Gasteiger partial charge in [-0.05, 0) is 37.7 Å². The van der Waals surface area contributed by atoms with Crippen LogP contribution in [0.15, 0.2) is 54.6 Å². The average Bonchev–Trinajstić information content (AvgIpc) is 3.19. The van der Waals surface area contributed by atoms with Crippen molar-refractivity contribution >= 4 is 33.2 Å². The molecule has 6 nitrogen and oxygen atoms in total. The van der Waals surface area contributed by atoms with Crippen molar-refractivity contribution in [3.05, 3.63) is 70.6 Å². The molecule has 0 radical (unpaired) electrons. The summed E-state index contributed by atoms with van der Waals surface area (Å²) in [6, 6.07) is 17.3. The Morgan fingerprint density at radius 2 is 1.87 bits per heavy atom. The lowest BCUT2D eigenvalue weighted by Gasteiger charge is -2.33. The Morgan fingerprint density at radius 3 is 2.65 bits per heavy atom. The Bertz CT molecular complexity index is 1060. The molecule has 31 heavy (non-hydrogen) atoms. The smallest absolute Gasteiger partial charge is 0.261 e. The summed E-state index contributed by atoms with van der Waals surface area (Å²) < 4.78 is 7.15. The van der Waals surface area contributed by atoms with Crippen molar-refractivity contribution in [3.63, 3.8) is 0 Å². The molecule has 0 aliphatic carbocycles. The van der Waals surface area contributed by atoms with Crippen LogP contribution in [-0.2, 0) is 4.74 Å². The molecule has 0 spiro atoms. The Hall–Kier alpha value is -2.74. The number of fused-ring (bicyclic) bond motifs is 1. The molecular formula is C24H27N3O3S. The maximum atomic E-state index is 13.0. The van der Waals surface area contributed by atoms with Gasteiger partial charge in [0.05, 0.1) is 18.0 Å². The zero-order valence-corrected chi connectivity index (χ0v) is 18.7. The molecule has 1 aromatic heterocycles. The quantitative estimate of drug-likeness (QED) is 0.642. The highest BCUT2D eigenvalue weighted by Gasteiger charge is 2.31. The molecule has 2 aromatic carbocycles. The maximum absolute atomic E-state index is 13.0. The van der Waals surface area contributed by atoms with Crippen molar-refractivity contribution < 1.29 is 14.3 Å². The molecule has 2 heterocycles. The molecule has 0 saturated carbocycles. The van der Waals surface area contributed by atoms with E-state index in [1.807, 2.05) is 78.5 Å². The largest absolute Gasteiger partial charge is 0.370 e. The highest BCUT2D eigenvalue weighted by molar-refractivity contribution is 7.21. The highest BCUT2D eigenvalue weighted by Crippen LogP contribution is 2.38. The minimum Gasteiger partial charge on any atom is -0.370 e. The molecule has 1 atom stereocenters. The number of morpholine rings is 1. The van der Waals surface area contributed by atoms with Crippen molar-refractivity contribution in [3.8, 4) is 0 Å². The van der Waals surface area contributed by atoms with E-state index in [0.29, 0.717) is 36.7 Å². The fraction of sp³-hybridized carbons (Fsp3) is 0.333. The second-order valence-electron chi connectivity index (χ2n) is 7.88. The normalized spacial score (nSPS) is 16.6. The Labute approximate surface area is 186 Å². The van der Waals surface area contributed by atoms with Gasteiger partial charge in [-0.15, -0.1) is 11.3 Å². The third-order valence-electron chi connectivity index (χ3n) is 5.38. The van der Waals surface area contributed by atoms with Crippen molar-refractivity contribution in [2.45, 2.75) is 6.10 Å². The predicted molar refractivity (Wildman–Crippen MR) is 124 cm³/mol. The van der Waals surface area contributed by atoms with Gasteiger partial charge in [-0.25, -0.2) is 0 Å². The van der Waals surface area contributed by atoms with E-state index in [2.05, 4.69) is 5.32 Å². The van der Waals surface area contributed by atoms with E-state index in [1.165, 1.54) is 11.3 Å². The summed E-state index contributed by atoms with van der Waals surface area (Å²) in [6.07, 6.45) is -0.341. The number of thiophene rings is 1. The van der Waals surface area contributed by atoms with E-state index < -0.39 is 0 Å². The monoisotopic (exact) mass is 437 g/mol. The number of carbonyl (C=O) groups is 2. The van der Waals surface area contributed by atoms with Crippen LogP contribution >= 0.6 is 11.3 Å². The van der Waals surface area contributed by atoms with Gasteiger partial charge in [-0.3, -0.25) is 9.59 Å². The van der Waals surface area contributed by atoms with E-state index >= 15 is 0 Å². The average molecular weight is 438 g/mol. The first-order valence-corrected chi connectivity index (χ1v) is 11.3. The minimum absolute atomic E-state index is 0.00887. The molecule has 7 heteroatoms. The number of hydrogen-bond acceptors (Lipinski definition) is 5. The molecule has 1 unspecified atom stereocenters. The lowest BCUT2D eigenvalue weighted by Crippen LogP contribution is -2.42. The van der Waals surface area contributed by atoms with Gasteiger partial charge in [0.2, 0.25) is 0 Å². The summed E-state index contributed by atoms with van der Waals surface area (Å²) >= 11 is 1.48. The van der Waals surface area contributed by atoms with Crippen LogP contribution < -0.4 is 5.32 Å². The number of amides is 2. The first-order valence-electron chi connectivity index (χ1n) is 10.4. The Morgan fingerprint density at radius 1 is 1.13 bits per heavy atom. The van der Waals surface area contributed by atoms with E-state index in [1.54, 1.807) is 0 Å². The number of hydrogen-bond donors (Lipinski definition) is 1. The van der Waals surface area contributed by atoms with Crippen LogP contribution in [0.4, 0.5) is 0 Å². The second kappa shape index (κ2) is 9.60. The first kappa shape index (κ1) is 21.5. The molecule has 1 saturated heterocycles. The summed E-state index contributed by atoms with van der Waals surface area (Å²) in [7, 11) is 3.95. The van der Waals surface area contributed by atoms with Gasteiger partial charge in [0.15, 0.2) is 0 Å². The van der Waals surface area contributed by atoms with E-state index in [0.717, 1.165) is 22.2 Å². The summed E-state index contributed by atoms with van der Waals surface area (Å²) in [5.41, 5.74) is 1.55. The molecule has 4 rings (SSSR count). The Balaban J connectivity index is 1.61. The van der Waals surface area contributed by atoms with Crippen LogP contribution in [0.3, 0.4) is 0 Å². The van der Waals surface area contributed by atoms with Gasteiger partial charge < -0.3 is 19.9 Å². The highest BCUT2D eigenvalue weighted by atomic mass is 32.1. The molecule has 0 bridgehead atoms. The first-order chi connectivity index (χ1) is 15.0. The van der Waals surface area contributed by atoms with Gasteiger partial charge in [0, 0.05) is 35.5 Å². The zero-order valence-electron chi connectivity index (χ0n) is 17.8. The maximum Gasteiger partial charge on any atom is 0.261 e. The van der Waals surface area contributed by atoms with Gasteiger partial charge in [-0.1, -0.05) is 36.4 Å².